The van der Waals surface area contributed by atoms with Gasteiger partial charge in [0.25, 0.3) is 0 Å². The number of hydrogen-bond acceptors (Lipinski definition) is 3. The summed E-state index contributed by atoms with van der Waals surface area (Å²) in [5.74, 6) is 0.714. The molecule has 3 heteroatoms. The number of nitrogens with zero attached hydrogens (tertiary/aromatic N) is 1. The van der Waals surface area contributed by atoms with E-state index in [-0.39, 0.29) is 0 Å². The highest BCUT2D eigenvalue weighted by Gasteiger charge is 2.28. The monoisotopic (exact) mass is 254 g/mol. The fourth-order valence-electron chi connectivity index (χ4n) is 3.29. The number of nitrogens with one attached hydrogen (secondary N) is 1. The average molecular weight is 254 g/mol. The molecule has 2 rings (SSSR count). The first-order valence-corrected chi connectivity index (χ1v) is 7.58. The molecule has 0 aromatic carbocycles. The van der Waals surface area contributed by atoms with Gasteiger partial charge in [-0.15, -0.1) is 0 Å². The molecule has 18 heavy (non-hydrogen) atoms. The molecule has 0 aromatic heterocycles. The van der Waals surface area contributed by atoms with Crippen molar-refractivity contribution in [3.63, 3.8) is 0 Å². The van der Waals surface area contributed by atoms with Crippen LogP contribution in [0.2, 0.25) is 0 Å². The molecular formula is C15H30N2O. The Kier molecular flexibility index (Phi) is 5.05. The summed E-state index contributed by atoms with van der Waals surface area (Å²) in [5.41, 5.74) is 0.542. The van der Waals surface area contributed by atoms with Crippen molar-refractivity contribution < 1.29 is 4.74 Å². The lowest BCUT2D eigenvalue weighted by Gasteiger charge is -2.29. The minimum absolute atomic E-state index is 0.542. The van der Waals surface area contributed by atoms with E-state index in [0.29, 0.717) is 17.4 Å². The molecule has 0 spiro atoms. The van der Waals surface area contributed by atoms with Gasteiger partial charge in [-0.2, -0.15) is 0 Å². The molecule has 0 amide bonds. The number of likely N-dealkylation sites (N-methyl/N-ethyl adjacent to an activating group) is 1. The molecular weight excluding hydrogens is 224 g/mol. The lowest BCUT2D eigenvalue weighted by atomic mass is 9.85. The van der Waals surface area contributed by atoms with Crippen molar-refractivity contribution in [1.82, 2.24) is 10.2 Å². The van der Waals surface area contributed by atoms with Crippen LogP contribution in [0, 0.1) is 11.3 Å². The Hall–Kier alpha value is -0.120. The Labute approximate surface area is 112 Å². The number of likely N-dealkylation sites (tertiary alicyclic amines) is 1. The molecule has 2 heterocycles. The summed E-state index contributed by atoms with van der Waals surface area (Å²) in [6.07, 6.45) is 5.29. The third-order valence-electron chi connectivity index (χ3n) is 4.79. The number of hydrogen-bond donors (Lipinski definition) is 1. The predicted molar refractivity (Wildman–Crippen MR) is 75.8 cm³/mol. The largest absolute Gasteiger partial charge is 0.381 e. The van der Waals surface area contributed by atoms with Crippen LogP contribution in [0.25, 0.3) is 0 Å². The quantitative estimate of drug-likeness (QED) is 0.832. The molecule has 2 fully saturated rings. The summed E-state index contributed by atoms with van der Waals surface area (Å²) >= 11 is 0. The van der Waals surface area contributed by atoms with E-state index in [4.69, 9.17) is 4.74 Å². The highest BCUT2D eigenvalue weighted by molar-refractivity contribution is 4.83. The van der Waals surface area contributed by atoms with Crippen molar-refractivity contribution in [2.24, 2.45) is 11.3 Å². The van der Waals surface area contributed by atoms with Crippen molar-refractivity contribution in [2.45, 2.75) is 45.6 Å². The van der Waals surface area contributed by atoms with Crippen molar-refractivity contribution in [3.05, 3.63) is 0 Å². The summed E-state index contributed by atoms with van der Waals surface area (Å²) in [7, 11) is 2.10. The molecule has 0 saturated carbocycles. The summed E-state index contributed by atoms with van der Waals surface area (Å²) in [6.45, 7) is 10.5. The van der Waals surface area contributed by atoms with E-state index in [2.05, 4.69) is 31.1 Å². The van der Waals surface area contributed by atoms with Gasteiger partial charge in [-0.3, -0.25) is 0 Å². The third kappa shape index (κ3) is 3.94. The molecule has 0 bridgehead atoms. The second kappa shape index (κ2) is 6.36. The standard InChI is InChI=1S/C15H30N2O/c1-15(2)6-4-8-17(9-7-15)11-14(16-3)13-5-10-18-12-13/h13-14,16H,4-12H2,1-3H3. The van der Waals surface area contributed by atoms with Gasteiger partial charge in [0, 0.05) is 25.1 Å². The van der Waals surface area contributed by atoms with Crippen LogP contribution in [0.4, 0.5) is 0 Å². The molecule has 2 atom stereocenters. The van der Waals surface area contributed by atoms with E-state index >= 15 is 0 Å². The molecule has 0 radical (unpaired) electrons. The van der Waals surface area contributed by atoms with Gasteiger partial charge in [-0.1, -0.05) is 13.8 Å². The fraction of sp³-hybridized carbons (Fsp3) is 1.00. The summed E-state index contributed by atoms with van der Waals surface area (Å²) in [5, 5.41) is 3.51. The van der Waals surface area contributed by atoms with Crippen molar-refractivity contribution in [3.8, 4) is 0 Å². The van der Waals surface area contributed by atoms with Gasteiger partial charge >= 0.3 is 0 Å². The number of rotatable bonds is 4. The Morgan fingerprint density at radius 1 is 1.33 bits per heavy atom. The fourth-order valence-corrected chi connectivity index (χ4v) is 3.29. The van der Waals surface area contributed by atoms with Gasteiger partial charge in [0.1, 0.15) is 0 Å². The van der Waals surface area contributed by atoms with E-state index < -0.39 is 0 Å². The zero-order chi connectivity index (χ0) is 13.0. The van der Waals surface area contributed by atoms with Crippen LogP contribution in [0.15, 0.2) is 0 Å². The maximum atomic E-state index is 5.53. The van der Waals surface area contributed by atoms with Crippen LogP contribution < -0.4 is 5.32 Å². The Morgan fingerprint density at radius 3 is 2.83 bits per heavy atom. The zero-order valence-corrected chi connectivity index (χ0v) is 12.4. The molecule has 0 aliphatic carbocycles. The molecule has 1 N–H and O–H groups in total. The minimum atomic E-state index is 0.542. The lowest BCUT2D eigenvalue weighted by molar-refractivity contribution is 0.162. The first kappa shape index (κ1) is 14.3. The van der Waals surface area contributed by atoms with Gasteiger partial charge in [0.2, 0.25) is 0 Å². The Morgan fingerprint density at radius 2 is 2.17 bits per heavy atom. The Bertz CT molecular complexity index is 249. The van der Waals surface area contributed by atoms with Crippen LogP contribution in [0.1, 0.15) is 39.5 Å². The smallest absolute Gasteiger partial charge is 0.0510 e. The van der Waals surface area contributed by atoms with Crippen LogP contribution in [-0.2, 0) is 4.74 Å². The molecule has 2 aliphatic heterocycles. The topological polar surface area (TPSA) is 24.5 Å². The Balaban J connectivity index is 1.83. The SMILES string of the molecule is CNC(CN1CCCC(C)(C)CC1)C1CCOC1. The van der Waals surface area contributed by atoms with Gasteiger partial charge < -0.3 is 15.0 Å². The van der Waals surface area contributed by atoms with Gasteiger partial charge in [0.05, 0.1) is 6.61 Å². The van der Waals surface area contributed by atoms with Crippen LogP contribution in [-0.4, -0.2) is 50.8 Å². The molecule has 106 valence electrons. The van der Waals surface area contributed by atoms with E-state index in [0.717, 1.165) is 13.2 Å². The van der Waals surface area contributed by atoms with Gasteiger partial charge in [-0.25, -0.2) is 0 Å². The average Bonchev–Trinajstić information content (AvgIpc) is 2.80. The second-order valence-electron chi connectivity index (χ2n) is 6.84. The summed E-state index contributed by atoms with van der Waals surface area (Å²) in [4.78, 5) is 2.66. The normalized spacial score (nSPS) is 31.2. The molecule has 2 aliphatic rings. The predicted octanol–water partition coefficient (Wildman–Crippen LogP) is 2.12. The number of ether oxygens (including phenoxy) is 1. The minimum Gasteiger partial charge on any atom is -0.381 e. The van der Waals surface area contributed by atoms with Crippen molar-refractivity contribution in [1.29, 1.82) is 0 Å². The van der Waals surface area contributed by atoms with Crippen LogP contribution in [0.5, 0.6) is 0 Å². The van der Waals surface area contributed by atoms with Crippen LogP contribution in [0.3, 0.4) is 0 Å². The first-order chi connectivity index (χ1) is 8.61. The van der Waals surface area contributed by atoms with Gasteiger partial charge in [0.15, 0.2) is 0 Å². The second-order valence-corrected chi connectivity index (χ2v) is 6.84. The van der Waals surface area contributed by atoms with Crippen molar-refractivity contribution >= 4 is 0 Å². The highest BCUT2D eigenvalue weighted by atomic mass is 16.5. The summed E-state index contributed by atoms with van der Waals surface area (Å²) < 4.78 is 5.53. The van der Waals surface area contributed by atoms with Crippen molar-refractivity contribution in [2.75, 3.05) is 39.9 Å². The van der Waals surface area contributed by atoms with Crippen LogP contribution >= 0.6 is 0 Å². The maximum absolute atomic E-state index is 5.53. The highest BCUT2D eigenvalue weighted by Crippen LogP contribution is 2.30. The van der Waals surface area contributed by atoms with E-state index in [9.17, 15) is 0 Å². The molecule has 0 aromatic rings. The molecule has 2 unspecified atom stereocenters. The van der Waals surface area contributed by atoms with E-state index in [1.807, 2.05) is 0 Å². The first-order valence-electron chi connectivity index (χ1n) is 7.58. The van der Waals surface area contributed by atoms with Gasteiger partial charge in [-0.05, 0) is 51.2 Å². The zero-order valence-electron chi connectivity index (χ0n) is 12.4. The maximum Gasteiger partial charge on any atom is 0.0510 e. The summed E-state index contributed by atoms with van der Waals surface area (Å²) in [6, 6.07) is 0.605. The third-order valence-corrected chi connectivity index (χ3v) is 4.79. The lowest BCUT2D eigenvalue weighted by Crippen LogP contribution is -2.44. The van der Waals surface area contributed by atoms with E-state index in [1.54, 1.807) is 0 Å². The molecule has 2 saturated heterocycles. The van der Waals surface area contributed by atoms with E-state index in [1.165, 1.54) is 45.3 Å². The molecule has 3 nitrogen and oxygen atoms in total.